The van der Waals surface area contributed by atoms with E-state index in [1.54, 1.807) is 25.3 Å². The van der Waals surface area contributed by atoms with E-state index in [-0.39, 0.29) is 22.8 Å². The summed E-state index contributed by atoms with van der Waals surface area (Å²) in [5.41, 5.74) is 0.729. The maximum atomic E-state index is 13.1. The number of halogens is 1. The minimum Gasteiger partial charge on any atom is -0.453 e. The normalized spacial score (nSPS) is 13.3. The molecule has 2 heterocycles. The van der Waals surface area contributed by atoms with Gasteiger partial charge in [-0.3, -0.25) is 9.69 Å². The molecule has 0 saturated carbocycles. The van der Waals surface area contributed by atoms with Gasteiger partial charge >= 0.3 is 0 Å². The quantitative estimate of drug-likeness (QED) is 0.674. The van der Waals surface area contributed by atoms with Gasteiger partial charge in [0.1, 0.15) is 11.6 Å². The van der Waals surface area contributed by atoms with E-state index in [2.05, 4.69) is 9.71 Å². The van der Waals surface area contributed by atoms with Crippen LogP contribution in [0.3, 0.4) is 0 Å². The molecule has 0 fully saturated rings. The molecule has 1 amide bonds. The molecular formula is C21H18FN3O4S. The number of carbonyl (C=O) groups is 1. The number of fused-ring (bicyclic) bond motifs is 2. The molecule has 0 spiro atoms. The predicted octanol–water partition coefficient (Wildman–Crippen LogP) is 3.47. The number of rotatable bonds is 5. The first-order chi connectivity index (χ1) is 14.4. The third-order valence-electron chi connectivity index (χ3n) is 4.66. The molecule has 154 valence electrons. The molecule has 0 saturated heterocycles. The number of nitrogens with one attached hydrogen (secondary N) is 1. The highest BCUT2D eigenvalue weighted by atomic mass is 32.2. The fourth-order valence-electron chi connectivity index (χ4n) is 3.11. The Kier molecular flexibility index (Phi) is 5.23. The topological polar surface area (TPSA) is 88.6 Å². The molecule has 0 unspecified atom stereocenters. The first-order valence-electron chi connectivity index (χ1n) is 9.22. The molecule has 3 aromatic rings. The number of aromatic nitrogens is 1. The van der Waals surface area contributed by atoms with E-state index in [4.69, 9.17) is 4.74 Å². The minimum absolute atomic E-state index is 0.0133. The standard InChI is InChI=1S/C21H18FN3O4S/c1-2-25-20-19(4-3-11-23-20)29-18-10-9-16(12-17(18)21(25)26)30(27,28)24-13-14-5-7-15(22)8-6-14/h3-12,24H,2,13H2,1H3. The molecule has 1 aliphatic heterocycles. The Labute approximate surface area is 173 Å². The van der Waals surface area contributed by atoms with Gasteiger partial charge in [-0.05, 0) is 55.0 Å². The first kappa shape index (κ1) is 20.0. The van der Waals surface area contributed by atoms with Crippen molar-refractivity contribution in [3.63, 3.8) is 0 Å². The largest absolute Gasteiger partial charge is 0.453 e. The lowest BCUT2D eigenvalue weighted by atomic mass is 10.2. The molecule has 0 bridgehead atoms. The molecule has 0 aliphatic carbocycles. The third-order valence-corrected chi connectivity index (χ3v) is 6.06. The highest BCUT2D eigenvalue weighted by Crippen LogP contribution is 2.37. The van der Waals surface area contributed by atoms with Crippen LogP contribution in [0, 0.1) is 5.82 Å². The van der Waals surface area contributed by atoms with Gasteiger partial charge in [0.25, 0.3) is 5.91 Å². The van der Waals surface area contributed by atoms with E-state index in [0.717, 1.165) is 0 Å². The third kappa shape index (κ3) is 3.77. The lowest BCUT2D eigenvalue weighted by Crippen LogP contribution is -2.31. The van der Waals surface area contributed by atoms with Crippen LogP contribution in [0.15, 0.2) is 65.7 Å². The maximum Gasteiger partial charge on any atom is 0.263 e. The molecule has 4 rings (SSSR count). The molecule has 30 heavy (non-hydrogen) atoms. The second kappa shape index (κ2) is 7.85. The Hall–Kier alpha value is -3.30. The molecule has 9 heteroatoms. The lowest BCUT2D eigenvalue weighted by molar-refractivity contribution is 0.0987. The summed E-state index contributed by atoms with van der Waals surface area (Å²) >= 11 is 0. The van der Waals surface area contributed by atoms with Gasteiger partial charge in [0.05, 0.1) is 10.5 Å². The number of ether oxygens (including phenoxy) is 1. The summed E-state index contributed by atoms with van der Waals surface area (Å²) in [7, 11) is -3.91. The van der Waals surface area contributed by atoms with Gasteiger partial charge in [0, 0.05) is 19.3 Å². The van der Waals surface area contributed by atoms with Gasteiger partial charge in [-0.2, -0.15) is 0 Å². The molecule has 7 nitrogen and oxygen atoms in total. The number of amides is 1. The zero-order chi connectivity index (χ0) is 21.3. The van der Waals surface area contributed by atoms with E-state index in [1.165, 1.54) is 47.4 Å². The van der Waals surface area contributed by atoms with E-state index >= 15 is 0 Å². The average molecular weight is 427 g/mol. The monoisotopic (exact) mass is 427 g/mol. The van der Waals surface area contributed by atoms with E-state index in [9.17, 15) is 17.6 Å². The van der Waals surface area contributed by atoms with Crippen molar-refractivity contribution in [1.29, 1.82) is 0 Å². The number of carbonyl (C=O) groups excluding carboxylic acids is 1. The Balaban J connectivity index is 1.65. The molecule has 2 aromatic carbocycles. The fourth-order valence-corrected chi connectivity index (χ4v) is 4.16. The number of hydrogen-bond acceptors (Lipinski definition) is 5. The number of anilines is 1. The Morgan fingerprint density at radius 3 is 2.60 bits per heavy atom. The predicted molar refractivity (Wildman–Crippen MR) is 109 cm³/mol. The Morgan fingerprint density at radius 2 is 1.87 bits per heavy atom. The van der Waals surface area contributed by atoms with E-state index < -0.39 is 21.7 Å². The van der Waals surface area contributed by atoms with Crippen molar-refractivity contribution < 1.29 is 22.3 Å². The van der Waals surface area contributed by atoms with Gasteiger partial charge < -0.3 is 4.74 Å². The van der Waals surface area contributed by atoms with Crippen LogP contribution < -0.4 is 14.4 Å². The van der Waals surface area contributed by atoms with Gasteiger partial charge in [0.15, 0.2) is 11.6 Å². The minimum atomic E-state index is -3.91. The van der Waals surface area contributed by atoms with Gasteiger partial charge in [0.2, 0.25) is 10.0 Å². The summed E-state index contributed by atoms with van der Waals surface area (Å²) < 4.78 is 46.8. The van der Waals surface area contributed by atoms with Gasteiger partial charge in [-0.15, -0.1) is 0 Å². The van der Waals surface area contributed by atoms with Crippen molar-refractivity contribution in [3.8, 4) is 11.5 Å². The highest BCUT2D eigenvalue weighted by Gasteiger charge is 2.29. The van der Waals surface area contributed by atoms with Crippen LogP contribution in [-0.2, 0) is 16.6 Å². The summed E-state index contributed by atoms with van der Waals surface area (Å²) in [5.74, 6) is 0.238. The van der Waals surface area contributed by atoms with Crippen molar-refractivity contribution >= 4 is 21.7 Å². The van der Waals surface area contributed by atoms with Crippen LogP contribution in [0.25, 0.3) is 0 Å². The second-order valence-corrected chi connectivity index (χ2v) is 8.35. The van der Waals surface area contributed by atoms with Gasteiger partial charge in [-0.1, -0.05) is 12.1 Å². The number of pyridine rings is 1. The molecule has 1 aliphatic rings. The molecule has 1 N–H and O–H groups in total. The SMILES string of the molecule is CCN1C(=O)c2cc(S(=O)(=O)NCc3ccc(F)cc3)ccc2Oc2cccnc21. The van der Waals surface area contributed by atoms with E-state index in [1.807, 2.05) is 0 Å². The Morgan fingerprint density at radius 1 is 1.10 bits per heavy atom. The van der Waals surface area contributed by atoms with Crippen LogP contribution in [0.4, 0.5) is 10.2 Å². The van der Waals surface area contributed by atoms with E-state index in [0.29, 0.717) is 23.7 Å². The molecule has 0 radical (unpaired) electrons. The highest BCUT2D eigenvalue weighted by molar-refractivity contribution is 7.89. The zero-order valence-electron chi connectivity index (χ0n) is 16.0. The Bertz CT molecular complexity index is 1210. The van der Waals surface area contributed by atoms with Crippen LogP contribution in [-0.4, -0.2) is 25.9 Å². The summed E-state index contributed by atoms with van der Waals surface area (Å²) in [5, 5.41) is 0. The van der Waals surface area contributed by atoms with Crippen LogP contribution in [0.1, 0.15) is 22.8 Å². The zero-order valence-corrected chi connectivity index (χ0v) is 16.8. The molecule has 0 atom stereocenters. The summed E-state index contributed by atoms with van der Waals surface area (Å²) in [6, 6.07) is 13.0. The fraction of sp³-hybridized carbons (Fsp3) is 0.143. The van der Waals surface area contributed by atoms with Crippen LogP contribution in [0.2, 0.25) is 0 Å². The number of benzene rings is 2. The average Bonchev–Trinajstić information content (AvgIpc) is 2.86. The summed E-state index contributed by atoms with van der Waals surface area (Å²) in [6.07, 6.45) is 1.56. The first-order valence-corrected chi connectivity index (χ1v) is 10.7. The van der Waals surface area contributed by atoms with Crippen molar-refractivity contribution in [2.24, 2.45) is 0 Å². The van der Waals surface area contributed by atoms with Crippen molar-refractivity contribution in [2.75, 3.05) is 11.4 Å². The summed E-state index contributed by atoms with van der Waals surface area (Å²) in [4.78, 5) is 18.7. The van der Waals surface area contributed by atoms with Crippen molar-refractivity contribution in [2.45, 2.75) is 18.4 Å². The van der Waals surface area contributed by atoms with Crippen molar-refractivity contribution in [1.82, 2.24) is 9.71 Å². The number of sulfonamides is 1. The van der Waals surface area contributed by atoms with Gasteiger partial charge in [-0.25, -0.2) is 22.5 Å². The summed E-state index contributed by atoms with van der Waals surface area (Å²) in [6.45, 7) is 2.12. The molecule has 1 aromatic heterocycles. The molecular weight excluding hydrogens is 409 g/mol. The number of hydrogen-bond donors (Lipinski definition) is 1. The van der Waals surface area contributed by atoms with Crippen LogP contribution in [0.5, 0.6) is 11.5 Å². The smallest absolute Gasteiger partial charge is 0.263 e. The lowest BCUT2D eigenvalue weighted by Gasteiger charge is -2.18. The second-order valence-electron chi connectivity index (χ2n) is 6.59. The van der Waals surface area contributed by atoms with Crippen molar-refractivity contribution in [3.05, 3.63) is 77.7 Å². The van der Waals surface area contributed by atoms with Crippen LogP contribution >= 0.6 is 0 Å². The number of nitrogens with zero attached hydrogens (tertiary/aromatic N) is 2. The maximum absolute atomic E-state index is 13.1.